The lowest BCUT2D eigenvalue weighted by Gasteiger charge is -2.12. The summed E-state index contributed by atoms with van der Waals surface area (Å²) in [6, 6.07) is 0. The van der Waals surface area contributed by atoms with Crippen molar-refractivity contribution in [1.82, 2.24) is 0 Å². The number of benzene rings is 1. The SMILES string of the molecule is CC(C)c1c(F)c(N)c(F)c(Cl)c1F. The topological polar surface area (TPSA) is 26.0 Å². The molecular formula is C9H9ClF3N. The zero-order valence-corrected chi connectivity index (χ0v) is 8.42. The normalized spacial score (nSPS) is 11.1. The van der Waals surface area contributed by atoms with Gasteiger partial charge in [0.05, 0.1) is 0 Å². The van der Waals surface area contributed by atoms with Crippen LogP contribution in [0.3, 0.4) is 0 Å². The van der Waals surface area contributed by atoms with Crippen LogP contribution in [0.2, 0.25) is 5.02 Å². The van der Waals surface area contributed by atoms with E-state index in [0.717, 1.165) is 0 Å². The Morgan fingerprint density at radius 1 is 1.07 bits per heavy atom. The second kappa shape index (κ2) is 3.69. The van der Waals surface area contributed by atoms with Gasteiger partial charge in [-0.1, -0.05) is 25.4 Å². The van der Waals surface area contributed by atoms with E-state index in [9.17, 15) is 13.2 Å². The molecule has 0 atom stereocenters. The van der Waals surface area contributed by atoms with Gasteiger partial charge in [0.15, 0.2) is 17.5 Å². The van der Waals surface area contributed by atoms with E-state index < -0.39 is 34.1 Å². The summed E-state index contributed by atoms with van der Waals surface area (Å²) in [5.41, 5.74) is 4.07. The van der Waals surface area contributed by atoms with Crippen LogP contribution in [0, 0.1) is 17.5 Å². The molecule has 1 aromatic carbocycles. The summed E-state index contributed by atoms with van der Waals surface area (Å²) in [6.07, 6.45) is 0. The van der Waals surface area contributed by atoms with E-state index in [-0.39, 0.29) is 5.56 Å². The van der Waals surface area contributed by atoms with Gasteiger partial charge in [-0.05, 0) is 5.92 Å². The number of rotatable bonds is 1. The molecule has 0 unspecified atom stereocenters. The first-order valence-electron chi connectivity index (χ1n) is 3.99. The first-order chi connectivity index (χ1) is 6.37. The highest BCUT2D eigenvalue weighted by Gasteiger charge is 2.23. The zero-order chi connectivity index (χ0) is 11.0. The van der Waals surface area contributed by atoms with Crippen LogP contribution in [0.15, 0.2) is 0 Å². The lowest BCUT2D eigenvalue weighted by molar-refractivity contribution is 0.520. The summed E-state index contributed by atoms with van der Waals surface area (Å²) in [6.45, 7) is 3.13. The molecule has 1 aromatic rings. The maximum absolute atomic E-state index is 13.3. The monoisotopic (exact) mass is 223 g/mol. The minimum absolute atomic E-state index is 0.283. The minimum atomic E-state index is -1.24. The van der Waals surface area contributed by atoms with E-state index in [4.69, 9.17) is 17.3 Å². The van der Waals surface area contributed by atoms with E-state index in [0.29, 0.717) is 0 Å². The second-order valence-corrected chi connectivity index (χ2v) is 3.62. The van der Waals surface area contributed by atoms with Crippen molar-refractivity contribution in [2.75, 3.05) is 5.73 Å². The van der Waals surface area contributed by atoms with Gasteiger partial charge in [0.25, 0.3) is 0 Å². The second-order valence-electron chi connectivity index (χ2n) is 3.24. The van der Waals surface area contributed by atoms with Gasteiger partial charge >= 0.3 is 0 Å². The standard InChI is InChI=1S/C9H9ClF3N/c1-3(2)4-6(11)5(10)8(13)9(14)7(4)12/h3H,14H2,1-2H3. The van der Waals surface area contributed by atoms with Crippen LogP contribution in [0.25, 0.3) is 0 Å². The molecule has 1 rings (SSSR count). The molecule has 0 heterocycles. The van der Waals surface area contributed by atoms with Crippen molar-refractivity contribution in [2.45, 2.75) is 19.8 Å². The van der Waals surface area contributed by atoms with Crippen molar-refractivity contribution in [3.63, 3.8) is 0 Å². The Balaban J connectivity index is 3.60. The molecular weight excluding hydrogens is 215 g/mol. The molecule has 0 aliphatic carbocycles. The molecule has 0 saturated heterocycles. The molecule has 14 heavy (non-hydrogen) atoms. The highest BCUT2D eigenvalue weighted by molar-refractivity contribution is 6.31. The van der Waals surface area contributed by atoms with E-state index in [1.807, 2.05) is 0 Å². The van der Waals surface area contributed by atoms with E-state index >= 15 is 0 Å². The predicted molar refractivity (Wildman–Crippen MR) is 49.8 cm³/mol. The molecule has 0 amide bonds. The van der Waals surface area contributed by atoms with Gasteiger partial charge in [-0.3, -0.25) is 0 Å². The average Bonchev–Trinajstić information content (AvgIpc) is 2.11. The summed E-state index contributed by atoms with van der Waals surface area (Å²) in [7, 11) is 0. The Kier molecular flexibility index (Phi) is 2.95. The highest BCUT2D eigenvalue weighted by atomic mass is 35.5. The summed E-state index contributed by atoms with van der Waals surface area (Å²) < 4.78 is 39.5. The van der Waals surface area contributed by atoms with Crippen LogP contribution in [0.4, 0.5) is 18.9 Å². The fraction of sp³-hybridized carbons (Fsp3) is 0.333. The van der Waals surface area contributed by atoms with Crippen molar-refractivity contribution in [3.05, 3.63) is 28.0 Å². The maximum atomic E-state index is 13.3. The number of hydrogen-bond acceptors (Lipinski definition) is 1. The Labute approximate surface area is 84.7 Å². The molecule has 0 aromatic heterocycles. The number of halogens is 4. The molecule has 0 spiro atoms. The largest absolute Gasteiger partial charge is 0.394 e. The highest BCUT2D eigenvalue weighted by Crippen LogP contribution is 2.33. The number of hydrogen-bond donors (Lipinski definition) is 1. The van der Waals surface area contributed by atoms with Crippen molar-refractivity contribution in [2.24, 2.45) is 0 Å². The quantitative estimate of drug-likeness (QED) is 0.440. The minimum Gasteiger partial charge on any atom is -0.394 e. The summed E-state index contributed by atoms with van der Waals surface area (Å²) in [5, 5.41) is -0.757. The molecule has 5 heteroatoms. The van der Waals surface area contributed by atoms with E-state index in [2.05, 4.69) is 0 Å². The predicted octanol–water partition coefficient (Wildman–Crippen LogP) is 3.46. The lowest BCUT2D eigenvalue weighted by Crippen LogP contribution is -2.06. The van der Waals surface area contributed by atoms with Crippen molar-refractivity contribution >= 4 is 17.3 Å². The fourth-order valence-corrected chi connectivity index (χ4v) is 1.38. The molecule has 0 bridgehead atoms. The summed E-state index contributed by atoms with van der Waals surface area (Å²) >= 11 is 5.31. The number of nitrogen functional groups attached to an aromatic ring is 1. The average molecular weight is 224 g/mol. The van der Waals surface area contributed by atoms with Gasteiger partial charge in [0.2, 0.25) is 0 Å². The van der Waals surface area contributed by atoms with Gasteiger partial charge in [-0.25, -0.2) is 13.2 Å². The third-order valence-corrected chi connectivity index (χ3v) is 2.24. The van der Waals surface area contributed by atoms with Crippen molar-refractivity contribution < 1.29 is 13.2 Å². The Morgan fingerprint density at radius 2 is 1.57 bits per heavy atom. The molecule has 0 aliphatic rings. The smallest absolute Gasteiger partial charge is 0.170 e. The molecule has 2 N–H and O–H groups in total. The third-order valence-electron chi connectivity index (χ3n) is 1.91. The van der Waals surface area contributed by atoms with Gasteiger partial charge in [-0.2, -0.15) is 0 Å². The van der Waals surface area contributed by atoms with Crippen molar-refractivity contribution in [1.29, 1.82) is 0 Å². The number of nitrogens with two attached hydrogens (primary N) is 1. The Hall–Kier alpha value is -0.900. The Morgan fingerprint density at radius 3 is 2.00 bits per heavy atom. The molecule has 1 nitrogen and oxygen atoms in total. The van der Waals surface area contributed by atoms with Gasteiger partial charge in [0.1, 0.15) is 10.7 Å². The van der Waals surface area contributed by atoms with Gasteiger partial charge < -0.3 is 5.73 Å². The molecule has 0 radical (unpaired) electrons. The first-order valence-corrected chi connectivity index (χ1v) is 4.37. The molecule has 0 saturated carbocycles. The molecule has 0 aliphatic heterocycles. The van der Waals surface area contributed by atoms with Crippen molar-refractivity contribution in [3.8, 4) is 0 Å². The van der Waals surface area contributed by atoms with Crippen LogP contribution in [0.1, 0.15) is 25.3 Å². The molecule has 0 fully saturated rings. The number of anilines is 1. The first kappa shape index (κ1) is 11.2. The zero-order valence-electron chi connectivity index (χ0n) is 7.67. The van der Waals surface area contributed by atoms with Crippen LogP contribution < -0.4 is 5.73 Å². The Bertz CT molecular complexity index is 348. The van der Waals surface area contributed by atoms with Gasteiger partial charge in [-0.15, -0.1) is 0 Å². The van der Waals surface area contributed by atoms with Crippen LogP contribution in [-0.2, 0) is 0 Å². The summed E-state index contributed by atoms with van der Waals surface area (Å²) in [5.74, 6) is -3.84. The molecule has 78 valence electrons. The summed E-state index contributed by atoms with van der Waals surface area (Å²) in [4.78, 5) is 0. The van der Waals surface area contributed by atoms with Crippen LogP contribution in [0.5, 0.6) is 0 Å². The fourth-order valence-electron chi connectivity index (χ4n) is 1.18. The maximum Gasteiger partial charge on any atom is 0.170 e. The lowest BCUT2D eigenvalue weighted by atomic mass is 10.0. The van der Waals surface area contributed by atoms with E-state index in [1.165, 1.54) is 0 Å². The van der Waals surface area contributed by atoms with Gasteiger partial charge in [0, 0.05) is 5.56 Å². The van der Waals surface area contributed by atoms with Crippen LogP contribution in [-0.4, -0.2) is 0 Å². The third kappa shape index (κ3) is 1.54. The van der Waals surface area contributed by atoms with Crippen LogP contribution >= 0.6 is 11.6 Å². The van der Waals surface area contributed by atoms with E-state index in [1.54, 1.807) is 13.8 Å².